The topological polar surface area (TPSA) is 89.3 Å². The molecule has 0 saturated heterocycles. The van der Waals surface area contributed by atoms with Crippen LogP contribution in [0.15, 0.2) is 18.2 Å². The number of rotatable bonds is 4. The molecule has 0 aliphatic heterocycles. The van der Waals surface area contributed by atoms with E-state index in [9.17, 15) is 18.5 Å². The molecule has 1 aromatic rings. The number of nitro groups is 1. The Balaban J connectivity index is 2.37. The van der Waals surface area contributed by atoms with Crippen molar-refractivity contribution in [2.24, 2.45) is 0 Å². The van der Waals surface area contributed by atoms with Crippen LogP contribution in [-0.4, -0.2) is 18.6 Å². The molecule has 0 amide bonds. The minimum absolute atomic E-state index is 0.0434. The first-order valence-electron chi connectivity index (χ1n) is 5.17. The predicted molar refractivity (Wildman–Crippen MR) is 63.4 cm³/mol. The molecular formula is C10H12N2O4S. The fourth-order valence-corrected chi connectivity index (χ4v) is 2.90. The van der Waals surface area contributed by atoms with Gasteiger partial charge in [-0.2, -0.15) is 0 Å². The van der Waals surface area contributed by atoms with E-state index >= 15 is 0 Å². The smallest absolute Gasteiger partial charge is 0.277 e. The van der Waals surface area contributed by atoms with Crippen LogP contribution in [0.2, 0.25) is 0 Å². The lowest BCUT2D eigenvalue weighted by molar-refractivity contribution is -0.383. The minimum Gasteiger partial charge on any atom is -0.277 e. The van der Waals surface area contributed by atoms with Crippen LogP contribution in [0.4, 0.5) is 11.4 Å². The molecule has 1 N–H and O–H groups in total. The molecule has 0 atom stereocenters. The summed E-state index contributed by atoms with van der Waals surface area (Å²) in [6.07, 6.45) is 1.24. The summed E-state index contributed by atoms with van der Waals surface area (Å²) in [6, 6.07) is 4.35. The van der Waals surface area contributed by atoms with Gasteiger partial charge in [-0.1, -0.05) is 6.07 Å². The molecule has 17 heavy (non-hydrogen) atoms. The van der Waals surface area contributed by atoms with Crippen LogP contribution in [0.25, 0.3) is 0 Å². The number of nitrogens with zero attached hydrogens (tertiary/aromatic N) is 1. The molecule has 0 spiro atoms. The van der Waals surface area contributed by atoms with Gasteiger partial charge in [-0.3, -0.25) is 14.8 Å². The van der Waals surface area contributed by atoms with Gasteiger partial charge in [0.25, 0.3) is 5.69 Å². The zero-order chi connectivity index (χ0) is 12.6. The van der Waals surface area contributed by atoms with E-state index in [4.69, 9.17) is 0 Å². The van der Waals surface area contributed by atoms with Crippen LogP contribution in [0.3, 0.4) is 0 Å². The van der Waals surface area contributed by atoms with Crippen LogP contribution >= 0.6 is 0 Å². The van der Waals surface area contributed by atoms with Crippen molar-refractivity contribution in [3.8, 4) is 0 Å². The molecule has 0 aromatic heterocycles. The van der Waals surface area contributed by atoms with Crippen molar-refractivity contribution < 1.29 is 13.3 Å². The molecular weight excluding hydrogens is 244 g/mol. The number of hydrogen-bond donors (Lipinski definition) is 1. The molecule has 0 radical (unpaired) electrons. The summed E-state index contributed by atoms with van der Waals surface area (Å²) in [5.74, 6) is 0. The zero-order valence-electron chi connectivity index (χ0n) is 9.21. The molecule has 6 nitrogen and oxygen atoms in total. The van der Waals surface area contributed by atoms with Crippen molar-refractivity contribution in [2.75, 3.05) is 4.72 Å². The van der Waals surface area contributed by atoms with Crippen molar-refractivity contribution in [3.63, 3.8) is 0 Å². The predicted octanol–water partition coefficient (Wildman–Crippen LogP) is 1.81. The summed E-state index contributed by atoms with van der Waals surface area (Å²) >= 11 is 0. The summed E-state index contributed by atoms with van der Waals surface area (Å²) in [7, 11) is -3.47. The Bertz CT molecular complexity index is 564. The van der Waals surface area contributed by atoms with E-state index < -0.39 is 20.2 Å². The van der Waals surface area contributed by atoms with Gasteiger partial charge in [0.15, 0.2) is 0 Å². The van der Waals surface area contributed by atoms with Crippen LogP contribution in [-0.2, 0) is 10.0 Å². The monoisotopic (exact) mass is 256 g/mol. The highest BCUT2D eigenvalue weighted by molar-refractivity contribution is 7.93. The number of nitrogens with one attached hydrogen (secondary N) is 1. The molecule has 1 aromatic carbocycles. The Morgan fingerprint density at radius 1 is 1.41 bits per heavy atom. The summed E-state index contributed by atoms with van der Waals surface area (Å²) in [4.78, 5) is 10.2. The van der Waals surface area contributed by atoms with Crippen molar-refractivity contribution >= 4 is 21.4 Å². The van der Waals surface area contributed by atoms with Gasteiger partial charge in [0.1, 0.15) is 5.69 Å². The summed E-state index contributed by atoms with van der Waals surface area (Å²) in [5, 5.41) is 10.4. The molecule has 0 unspecified atom stereocenters. The van der Waals surface area contributed by atoms with E-state index in [0.29, 0.717) is 12.8 Å². The number of sulfonamides is 1. The van der Waals surface area contributed by atoms with Crippen LogP contribution in [0, 0.1) is 17.0 Å². The molecule has 1 aliphatic rings. The first kappa shape index (κ1) is 11.8. The van der Waals surface area contributed by atoms with Gasteiger partial charge >= 0.3 is 0 Å². The number of nitro benzene ring substituents is 1. The largest absolute Gasteiger partial charge is 0.293 e. The summed E-state index contributed by atoms with van der Waals surface area (Å²) in [5.41, 5.74) is 0.589. The first-order chi connectivity index (χ1) is 7.90. The van der Waals surface area contributed by atoms with Gasteiger partial charge in [-0.05, 0) is 31.4 Å². The van der Waals surface area contributed by atoms with Crippen molar-refractivity contribution in [1.82, 2.24) is 0 Å². The van der Waals surface area contributed by atoms with E-state index in [-0.39, 0.29) is 11.4 Å². The van der Waals surface area contributed by atoms with E-state index in [2.05, 4.69) is 4.72 Å². The molecule has 0 heterocycles. The second-order valence-corrected chi connectivity index (χ2v) is 6.08. The standard InChI is InChI=1S/C10H12N2O4S/c1-7-2-5-10(12(13)14)9(6-7)11-17(15,16)8-3-4-8/h2,5-6,8,11H,3-4H2,1H3. The Kier molecular flexibility index (Phi) is 2.78. The van der Waals surface area contributed by atoms with Gasteiger partial charge < -0.3 is 0 Å². The van der Waals surface area contributed by atoms with Gasteiger partial charge in [-0.15, -0.1) is 0 Å². The Morgan fingerprint density at radius 3 is 2.59 bits per heavy atom. The Labute approximate surface area is 98.8 Å². The minimum atomic E-state index is -3.47. The van der Waals surface area contributed by atoms with Gasteiger partial charge in [0.05, 0.1) is 10.2 Å². The maximum atomic E-state index is 11.7. The maximum absolute atomic E-state index is 11.7. The SMILES string of the molecule is Cc1ccc([N+](=O)[O-])c(NS(=O)(=O)C2CC2)c1. The van der Waals surface area contributed by atoms with E-state index in [1.807, 2.05) is 0 Å². The Morgan fingerprint density at radius 2 is 2.06 bits per heavy atom. The molecule has 7 heteroatoms. The fourth-order valence-electron chi connectivity index (χ4n) is 1.51. The highest BCUT2D eigenvalue weighted by Crippen LogP contribution is 2.32. The average Bonchev–Trinajstić information content (AvgIpc) is 2.99. The number of benzene rings is 1. The molecule has 1 fully saturated rings. The van der Waals surface area contributed by atoms with Crippen molar-refractivity contribution in [3.05, 3.63) is 33.9 Å². The third-order valence-corrected chi connectivity index (χ3v) is 4.42. The quantitative estimate of drug-likeness (QED) is 0.657. The highest BCUT2D eigenvalue weighted by atomic mass is 32.2. The Hall–Kier alpha value is -1.63. The van der Waals surface area contributed by atoms with Crippen LogP contribution < -0.4 is 4.72 Å². The lowest BCUT2D eigenvalue weighted by Gasteiger charge is -2.08. The summed E-state index contributed by atoms with van der Waals surface area (Å²) < 4.78 is 25.7. The zero-order valence-corrected chi connectivity index (χ0v) is 10.0. The van der Waals surface area contributed by atoms with Gasteiger partial charge in [-0.25, -0.2) is 8.42 Å². The number of aryl methyl sites for hydroxylation is 1. The third kappa shape index (κ3) is 2.55. The summed E-state index contributed by atoms with van der Waals surface area (Å²) in [6.45, 7) is 1.75. The third-order valence-electron chi connectivity index (χ3n) is 2.56. The van der Waals surface area contributed by atoms with Gasteiger partial charge in [0.2, 0.25) is 10.0 Å². The molecule has 1 saturated carbocycles. The normalized spacial score (nSPS) is 15.6. The first-order valence-corrected chi connectivity index (χ1v) is 6.71. The second kappa shape index (κ2) is 3.99. The molecule has 1 aliphatic carbocycles. The van der Waals surface area contributed by atoms with Crippen molar-refractivity contribution in [1.29, 1.82) is 0 Å². The molecule has 2 rings (SSSR count). The van der Waals surface area contributed by atoms with Crippen molar-refractivity contribution in [2.45, 2.75) is 25.0 Å². The van der Waals surface area contributed by atoms with Crippen LogP contribution in [0.5, 0.6) is 0 Å². The number of hydrogen-bond acceptors (Lipinski definition) is 4. The maximum Gasteiger partial charge on any atom is 0.293 e. The lowest BCUT2D eigenvalue weighted by Crippen LogP contribution is -2.18. The van der Waals surface area contributed by atoms with Crippen LogP contribution in [0.1, 0.15) is 18.4 Å². The van der Waals surface area contributed by atoms with E-state index in [1.54, 1.807) is 13.0 Å². The average molecular weight is 256 g/mol. The fraction of sp³-hybridized carbons (Fsp3) is 0.400. The van der Waals surface area contributed by atoms with Gasteiger partial charge in [0, 0.05) is 6.07 Å². The number of anilines is 1. The molecule has 0 bridgehead atoms. The molecule has 92 valence electrons. The highest BCUT2D eigenvalue weighted by Gasteiger charge is 2.36. The van der Waals surface area contributed by atoms with E-state index in [0.717, 1.165) is 5.56 Å². The lowest BCUT2D eigenvalue weighted by atomic mass is 10.2. The van der Waals surface area contributed by atoms with E-state index in [1.165, 1.54) is 12.1 Å². The second-order valence-electron chi connectivity index (χ2n) is 4.12.